The Balaban J connectivity index is 2.26. The van der Waals surface area contributed by atoms with Crippen molar-refractivity contribution in [3.05, 3.63) is 11.6 Å². The predicted molar refractivity (Wildman–Crippen MR) is 78.7 cm³/mol. The van der Waals surface area contributed by atoms with E-state index in [9.17, 15) is 35.9 Å². The minimum Gasteiger partial charge on any atom is -0.326 e. The van der Waals surface area contributed by atoms with Crippen LogP contribution in [0.3, 0.4) is 0 Å². The van der Waals surface area contributed by atoms with Crippen molar-refractivity contribution < 1.29 is 44.3 Å². The van der Waals surface area contributed by atoms with Gasteiger partial charge in [0.2, 0.25) is 0 Å². The first-order valence-corrected chi connectivity index (χ1v) is 8.87. The average Bonchev–Trinajstić information content (AvgIpc) is 2.88. The molecular formula is C13H14F6N2O4S. The van der Waals surface area contributed by atoms with Gasteiger partial charge < -0.3 is 13.7 Å². The molecule has 2 aliphatic heterocycles. The maximum atomic E-state index is 12.5. The zero-order valence-corrected chi connectivity index (χ0v) is 13.8. The summed E-state index contributed by atoms with van der Waals surface area (Å²) < 4.78 is 83.7. The van der Waals surface area contributed by atoms with Gasteiger partial charge in [0.1, 0.15) is 5.04 Å². The van der Waals surface area contributed by atoms with Gasteiger partial charge in [-0.3, -0.25) is 0 Å². The van der Waals surface area contributed by atoms with E-state index in [4.69, 9.17) is 0 Å². The molecule has 148 valence electrons. The summed E-state index contributed by atoms with van der Waals surface area (Å²) in [4.78, 5) is 26.1. The van der Waals surface area contributed by atoms with E-state index in [1.807, 2.05) is 0 Å². The largest absolute Gasteiger partial charge is 0.492 e. The van der Waals surface area contributed by atoms with Crippen LogP contribution in [0.5, 0.6) is 0 Å². The van der Waals surface area contributed by atoms with Crippen molar-refractivity contribution in [2.24, 2.45) is 10.9 Å². The van der Waals surface area contributed by atoms with Crippen LogP contribution in [0, 0.1) is 5.92 Å². The SMILES string of the molecule is O=C(OS1(OC(=O)C(F)(F)F)C=CN=C1CC1CCNCC1)C(F)(F)F. The van der Waals surface area contributed by atoms with Crippen molar-refractivity contribution in [1.82, 2.24) is 5.32 Å². The topological polar surface area (TPSA) is 77.0 Å². The number of alkyl halides is 6. The van der Waals surface area contributed by atoms with E-state index in [-0.39, 0.29) is 17.4 Å². The molecule has 1 saturated heterocycles. The zero-order valence-electron chi connectivity index (χ0n) is 13.0. The summed E-state index contributed by atoms with van der Waals surface area (Å²) in [5.74, 6) is -5.63. The molecule has 1 fully saturated rings. The summed E-state index contributed by atoms with van der Waals surface area (Å²) in [6, 6.07) is 0. The molecule has 0 bridgehead atoms. The number of piperidine rings is 1. The monoisotopic (exact) mass is 408 g/mol. The van der Waals surface area contributed by atoms with Crippen LogP contribution in [-0.4, -0.2) is 42.4 Å². The fourth-order valence-corrected chi connectivity index (χ4v) is 4.37. The van der Waals surface area contributed by atoms with Gasteiger partial charge in [-0.2, -0.15) is 26.3 Å². The Kier molecular flexibility index (Phi) is 5.90. The second kappa shape index (κ2) is 7.47. The number of nitrogens with one attached hydrogen (secondary N) is 1. The number of nitrogens with zero attached hydrogens (tertiary/aromatic N) is 1. The molecule has 0 aromatic heterocycles. The summed E-state index contributed by atoms with van der Waals surface area (Å²) in [7, 11) is -4.06. The molecule has 0 aromatic rings. The Morgan fingerprint density at radius 3 is 2.04 bits per heavy atom. The number of hydrogen-bond acceptors (Lipinski definition) is 6. The molecule has 26 heavy (non-hydrogen) atoms. The van der Waals surface area contributed by atoms with Crippen LogP contribution in [0.15, 0.2) is 16.6 Å². The average molecular weight is 408 g/mol. The Morgan fingerprint density at radius 1 is 1.08 bits per heavy atom. The summed E-state index contributed by atoms with van der Waals surface area (Å²) in [5, 5.41) is 3.39. The van der Waals surface area contributed by atoms with E-state index < -0.39 is 34.9 Å². The van der Waals surface area contributed by atoms with E-state index in [1.54, 1.807) is 0 Å². The molecular weight excluding hydrogens is 394 g/mol. The van der Waals surface area contributed by atoms with Crippen molar-refractivity contribution in [1.29, 1.82) is 0 Å². The van der Waals surface area contributed by atoms with Gasteiger partial charge in [0, 0.05) is 12.6 Å². The van der Waals surface area contributed by atoms with Gasteiger partial charge in [-0.25, -0.2) is 14.6 Å². The molecule has 6 nitrogen and oxygen atoms in total. The highest BCUT2D eigenvalue weighted by Crippen LogP contribution is 2.59. The summed E-state index contributed by atoms with van der Waals surface area (Å²) >= 11 is 0. The molecule has 0 aliphatic carbocycles. The van der Waals surface area contributed by atoms with Gasteiger partial charge >= 0.3 is 24.3 Å². The first-order chi connectivity index (χ1) is 11.9. The number of carbonyl (C=O) groups excluding carboxylic acids is 2. The molecule has 2 rings (SSSR count). The van der Waals surface area contributed by atoms with Gasteiger partial charge in [-0.15, -0.1) is 0 Å². The van der Waals surface area contributed by atoms with Crippen LogP contribution in [-0.2, 0) is 18.0 Å². The van der Waals surface area contributed by atoms with E-state index in [0.717, 1.165) is 6.20 Å². The molecule has 0 aromatic carbocycles. The van der Waals surface area contributed by atoms with Crippen LogP contribution < -0.4 is 5.32 Å². The highest BCUT2D eigenvalue weighted by molar-refractivity contribution is 8.41. The molecule has 0 amide bonds. The predicted octanol–water partition coefficient (Wildman–Crippen LogP) is 3.11. The third-order valence-electron chi connectivity index (χ3n) is 3.57. The second-order valence-corrected chi connectivity index (χ2v) is 7.65. The van der Waals surface area contributed by atoms with Crippen LogP contribution in [0.1, 0.15) is 19.3 Å². The lowest BCUT2D eigenvalue weighted by Gasteiger charge is -2.38. The molecule has 13 heteroatoms. The molecule has 0 saturated carbocycles. The third kappa shape index (κ3) is 4.90. The highest BCUT2D eigenvalue weighted by atomic mass is 32.3. The molecule has 0 unspecified atom stereocenters. The van der Waals surface area contributed by atoms with E-state index in [2.05, 4.69) is 18.7 Å². The van der Waals surface area contributed by atoms with Crippen molar-refractivity contribution >= 4 is 27.6 Å². The Bertz CT molecular complexity index is 597. The van der Waals surface area contributed by atoms with Gasteiger partial charge in [0.15, 0.2) is 0 Å². The van der Waals surface area contributed by atoms with Crippen LogP contribution >= 0.6 is 10.6 Å². The second-order valence-electron chi connectivity index (χ2n) is 5.49. The van der Waals surface area contributed by atoms with Gasteiger partial charge in [0.05, 0.1) is 5.41 Å². The summed E-state index contributed by atoms with van der Waals surface area (Å²) in [6.45, 7) is 1.22. The highest BCUT2D eigenvalue weighted by Gasteiger charge is 2.51. The zero-order chi connectivity index (χ0) is 19.6. The fourth-order valence-electron chi connectivity index (χ4n) is 2.34. The molecule has 0 spiro atoms. The van der Waals surface area contributed by atoms with Crippen LogP contribution in [0.2, 0.25) is 0 Å². The van der Waals surface area contributed by atoms with E-state index >= 15 is 0 Å². The summed E-state index contributed by atoms with van der Waals surface area (Å²) in [6.07, 6.45) is -8.94. The molecule has 2 heterocycles. The minimum absolute atomic E-state index is 0.0553. The summed E-state index contributed by atoms with van der Waals surface area (Å²) in [5.41, 5.74) is 0. The molecule has 1 N–H and O–H groups in total. The standard InChI is InChI=1S/C13H14F6N2O4S/c14-12(15,16)10(22)24-26(25-11(23)13(17,18)19)6-5-21-9(26)7-8-1-3-20-4-2-8/h5-6,8,20H,1-4,7H2. The number of halogens is 6. The Morgan fingerprint density at radius 2 is 1.58 bits per heavy atom. The number of rotatable bonds is 4. The van der Waals surface area contributed by atoms with Crippen LogP contribution in [0.4, 0.5) is 26.3 Å². The molecule has 0 atom stereocenters. The smallest absolute Gasteiger partial charge is 0.326 e. The molecule has 0 radical (unpaired) electrons. The maximum absolute atomic E-state index is 12.5. The number of hydrogen-bond donors (Lipinski definition) is 1. The first kappa shape index (κ1) is 20.6. The van der Waals surface area contributed by atoms with E-state index in [1.165, 1.54) is 0 Å². The first-order valence-electron chi connectivity index (χ1n) is 7.32. The van der Waals surface area contributed by atoms with Crippen LogP contribution in [0.25, 0.3) is 0 Å². The minimum atomic E-state index is -5.47. The van der Waals surface area contributed by atoms with Crippen molar-refractivity contribution in [3.8, 4) is 0 Å². The maximum Gasteiger partial charge on any atom is 0.492 e. The molecule has 2 aliphatic rings. The van der Waals surface area contributed by atoms with Crippen molar-refractivity contribution in [2.45, 2.75) is 31.6 Å². The fraction of sp³-hybridized carbons (Fsp3) is 0.615. The number of aliphatic imine (C=N–C) groups is 1. The lowest BCUT2D eigenvalue weighted by atomic mass is 9.95. The lowest BCUT2D eigenvalue weighted by molar-refractivity contribution is -0.193. The van der Waals surface area contributed by atoms with Gasteiger partial charge in [-0.1, -0.05) is 0 Å². The van der Waals surface area contributed by atoms with Gasteiger partial charge in [-0.05, 0) is 42.4 Å². The quantitative estimate of drug-likeness (QED) is 0.724. The Hall–Kier alpha value is -1.76. The Labute approximate surface area is 145 Å². The third-order valence-corrected chi connectivity index (χ3v) is 5.78. The van der Waals surface area contributed by atoms with Crippen molar-refractivity contribution in [3.63, 3.8) is 0 Å². The van der Waals surface area contributed by atoms with E-state index in [0.29, 0.717) is 31.3 Å². The lowest BCUT2D eigenvalue weighted by Crippen LogP contribution is -2.34. The van der Waals surface area contributed by atoms with Crippen molar-refractivity contribution in [2.75, 3.05) is 13.1 Å². The number of carbonyl (C=O) groups is 2. The van der Waals surface area contributed by atoms with Gasteiger partial charge in [0.25, 0.3) is 0 Å². The normalized spacial score (nSPS) is 21.8.